The molecule has 0 saturated heterocycles. The highest BCUT2D eigenvalue weighted by atomic mass is 79.9. The predicted octanol–water partition coefficient (Wildman–Crippen LogP) is 6.06. The van der Waals surface area contributed by atoms with Gasteiger partial charge in [0.15, 0.2) is 0 Å². The molecule has 2 aromatic carbocycles. The third-order valence-corrected chi connectivity index (χ3v) is 5.04. The first-order chi connectivity index (χ1) is 10.7. The van der Waals surface area contributed by atoms with Crippen LogP contribution >= 0.6 is 43.6 Å². The number of aromatic nitrogens is 2. The average molecular weight is 436 g/mol. The molecule has 0 aliphatic carbocycles. The summed E-state index contributed by atoms with van der Waals surface area (Å²) in [7, 11) is 0. The second-order valence-electron chi connectivity index (χ2n) is 4.66. The van der Waals surface area contributed by atoms with Crippen molar-refractivity contribution in [2.45, 2.75) is 4.90 Å². The van der Waals surface area contributed by atoms with Gasteiger partial charge in [-0.3, -0.25) is 0 Å². The van der Waals surface area contributed by atoms with Crippen molar-refractivity contribution < 1.29 is 0 Å². The number of benzene rings is 2. The Morgan fingerprint density at radius 2 is 1.32 bits per heavy atom. The van der Waals surface area contributed by atoms with Crippen molar-refractivity contribution in [1.29, 1.82) is 0 Å². The number of thioether (sulfide) groups is 1. The number of hydrogen-bond acceptors (Lipinski definition) is 3. The van der Waals surface area contributed by atoms with Crippen LogP contribution in [0.3, 0.4) is 0 Å². The minimum absolute atomic E-state index is 0.887. The lowest BCUT2D eigenvalue weighted by atomic mass is 10.1. The fourth-order valence-electron chi connectivity index (χ4n) is 2.10. The maximum Gasteiger partial charge on any atom is 0.107 e. The Labute approximate surface area is 150 Å². The van der Waals surface area contributed by atoms with Crippen molar-refractivity contribution in [2.24, 2.45) is 0 Å². The van der Waals surface area contributed by atoms with Gasteiger partial charge in [0, 0.05) is 25.0 Å². The van der Waals surface area contributed by atoms with Crippen LogP contribution < -0.4 is 0 Å². The molecule has 0 saturated carbocycles. The Bertz CT molecular complexity index is 787. The summed E-state index contributed by atoms with van der Waals surface area (Å²) in [5.74, 6) is 0. The molecule has 5 heteroatoms. The Morgan fingerprint density at radius 1 is 0.773 bits per heavy atom. The van der Waals surface area contributed by atoms with E-state index in [1.165, 1.54) is 0 Å². The largest absolute Gasteiger partial charge is 0.150 e. The van der Waals surface area contributed by atoms with E-state index in [1.807, 2.05) is 48.5 Å². The molecular weight excluding hydrogens is 424 g/mol. The second-order valence-corrected chi connectivity index (χ2v) is 7.34. The van der Waals surface area contributed by atoms with Gasteiger partial charge in [-0.15, -0.1) is 22.0 Å². The topological polar surface area (TPSA) is 25.8 Å². The van der Waals surface area contributed by atoms with Crippen LogP contribution in [-0.2, 0) is 0 Å². The van der Waals surface area contributed by atoms with Crippen molar-refractivity contribution in [1.82, 2.24) is 10.2 Å². The molecule has 110 valence electrons. The van der Waals surface area contributed by atoms with Crippen LogP contribution in [-0.4, -0.2) is 16.5 Å². The predicted molar refractivity (Wildman–Crippen MR) is 100 cm³/mol. The molecule has 0 atom stereocenters. The summed E-state index contributed by atoms with van der Waals surface area (Å²) in [6.45, 7) is 0. The smallest absolute Gasteiger partial charge is 0.107 e. The monoisotopic (exact) mass is 434 g/mol. The summed E-state index contributed by atoms with van der Waals surface area (Å²) in [5, 5.41) is 8.85. The summed E-state index contributed by atoms with van der Waals surface area (Å²) >= 11 is 8.59. The fourth-order valence-corrected chi connectivity index (χ4v) is 3.21. The molecule has 22 heavy (non-hydrogen) atoms. The molecular formula is C17H12Br2N2S. The van der Waals surface area contributed by atoms with E-state index in [0.29, 0.717) is 0 Å². The highest BCUT2D eigenvalue weighted by Crippen LogP contribution is 2.31. The first-order valence-corrected chi connectivity index (χ1v) is 9.42. The van der Waals surface area contributed by atoms with Crippen LogP contribution in [0.1, 0.15) is 0 Å². The Balaban J connectivity index is 2.04. The molecule has 0 spiro atoms. The molecule has 0 radical (unpaired) electrons. The minimum atomic E-state index is 0.887. The number of nitrogens with zero attached hydrogens (tertiary/aromatic N) is 2. The zero-order valence-electron chi connectivity index (χ0n) is 11.8. The molecule has 3 rings (SSSR count). The zero-order valence-corrected chi connectivity index (χ0v) is 15.7. The molecule has 0 fully saturated rings. The summed E-state index contributed by atoms with van der Waals surface area (Å²) in [4.78, 5) is 1.12. The van der Waals surface area contributed by atoms with Crippen molar-refractivity contribution in [3.05, 3.63) is 63.5 Å². The number of halogens is 2. The molecule has 2 nitrogen and oxygen atoms in total. The van der Waals surface area contributed by atoms with E-state index in [4.69, 9.17) is 0 Å². The summed E-state index contributed by atoms with van der Waals surface area (Å²) < 4.78 is 2.11. The normalized spacial score (nSPS) is 10.7. The standard InChI is InChI=1S/C17H12Br2N2S/c1-22-16-10-15(11-2-6-13(18)7-3-11)20-21-17(16)12-4-8-14(19)9-5-12/h2-10H,1H3. The molecule has 1 aromatic heterocycles. The van der Waals surface area contributed by atoms with Gasteiger partial charge in [-0.05, 0) is 36.6 Å². The van der Waals surface area contributed by atoms with E-state index in [2.05, 4.69) is 54.4 Å². The van der Waals surface area contributed by atoms with E-state index in [-0.39, 0.29) is 0 Å². The van der Waals surface area contributed by atoms with Crippen LogP contribution in [0.4, 0.5) is 0 Å². The van der Waals surface area contributed by atoms with E-state index in [0.717, 1.165) is 36.4 Å². The second kappa shape index (κ2) is 6.94. The SMILES string of the molecule is CSc1cc(-c2ccc(Br)cc2)nnc1-c1ccc(Br)cc1. The first kappa shape index (κ1) is 15.7. The van der Waals surface area contributed by atoms with E-state index in [1.54, 1.807) is 11.8 Å². The summed E-state index contributed by atoms with van der Waals surface area (Å²) in [6.07, 6.45) is 2.06. The number of rotatable bonds is 3. The molecule has 0 aliphatic heterocycles. The maximum absolute atomic E-state index is 4.45. The number of hydrogen-bond donors (Lipinski definition) is 0. The molecule has 0 unspecified atom stereocenters. The van der Waals surface area contributed by atoms with E-state index in [9.17, 15) is 0 Å². The van der Waals surface area contributed by atoms with Crippen LogP contribution in [0.2, 0.25) is 0 Å². The minimum Gasteiger partial charge on any atom is -0.150 e. The van der Waals surface area contributed by atoms with Crippen LogP contribution in [0.15, 0.2) is 68.4 Å². The van der Waals surface area contributed by atoms with Gasteiger partial charge in [0.05, 0.1) is 5.69 Å². The van der Waals surface area contributed by atoms with Gasteiger partial charge in [-0.2, -0.15) is 0 Å². The zero-order chi connectivity index (χ0) is 15.5. The van der Waals surface area contributed by atoms with Gasteiger partial charge in [0.25, 0.3) is 0 Å². The third-order valence-electron chi connectivity index (χ3n) is 3.24. The van der Waals surface area contributed by atoms with Crippen LogP contribution in [0.5, 0.6) is 0 Å². The highest BCUT2D eigenvalue weighted by molar-refractivity contribution is 9.10. The fraction of sp³-hybridized carbons (Fsp3) is 0.0588. The van der Waals surface area contributed by atoms with Gasteiger partial charge in [0.1, 0.15) is 5.69 Å². The first-order valence-electron chi connectivity index (χ1n) is 6.61. The van der Waals surface area contributed by atoms with Crippen molar-refractivity contribution in [3.63, 3.8) is 0 Å². The average Bonchev–Trinajstić information content (AvgIpc) is 2.56. The third kappa shape index (κ3) is 3.42. The Morgan fingerprint density at radius 3 is 1.86 bits per heavy atom. The molecule has 3 aromatic rings. The van der Waals surface area contributed by atoms with Crippen molar-refractivity contribution >= 4 is 43.6 Å². The van der Waals surface area contributed by atoms with Gasteiger partial charge < -0.3 is 0 Å². The molecule has 0 N–H and O–H groups in total. The maximum atomic E-state index is 4.45. The van der Waals surface area contributed by atoms with Gasteiger partial charge >= 0.3 is 0 Å². The van der Waals surface area contributed by atoms with Crippen LogP contribution in [0.25, 0.3) is 22.5 Å². The van der Waals surface area contributed by atoms with Gasteiger partial charge in [0.2, 0.25) is 0 Å². The Hall–Kier alpha value is -1.17. The summed E-state index contributed by atoms with van der Waals surface area (Å²) in [5.41, 5.74) is 3.94. The van der Waals surface area contributed by atoms with Crippen molar-refractivity contribution in [2.75, 3.05) is 6.26 Å². The molecule has 0 bridgehead atoms. The lowest BCUT2D eigenvalue weighted by Gasteiger charge is -2.08. The van der Waals surface area contributed by atoms with Gasteiger partial charge in [-0.25, -0.2) is 0 Å². The van der Waals surface area contributed by atoms with Crippen LogP contribution in [0, 0.1) is 0 Å². The Kier molecular flexibility index (Phi) is 4.96. The molecule has 0 aliphatic rings. The van der Waals surface area contributed by atoms with E-state index >= 15 is 0 Å². The van der Waals surface area contributed by atoms with Gasteiger partial charge in [-0.1, -0.05) is 56.1 Å². The highest BCUT2D eigenvalue weighted by Gasteiger charge is 2.10. The van der Waals surface area contributed by atoms with E-state index < -0.39 is 0 Å². The molecule has 1 heterocycles. The molecule has 0 amide bonds. The lowest BCUT2D eigenvalue weighted by Crippen LogP contribution is -1.94. The summed E-state index contributed by atoms with van der Waals surface area (Å²) in [6, 6.07) is 18.3. The van der Waals surface area contributed by atoms with Crippen molar-refractivity contribution in [3.8, 4) is 22.5 Å². The quantitative estimate of drug-likeness (QED) is 0.467. The lowest BCUT2D eigenvalue weighted by molar-refractivity contribution is 1.01.